The summed E-state index contributed by atoms with van der Waals surface area (Å²) in [7, 11) is 0. The van der Waals surface area contributed by atoms with Crippen LogP contribution in [0.4, 0.5) is 0 Å². The zero-order valence-electron chi connectivity index (χ0n) is 19.9. The lowest BCUT2D eigenvalue weighted by Gasteiger charge is -2.18. The Kier molecular flexibility index (Phi) is 4.89. The van der Waals surface area contributed by atoms with E-state index in [1.165, 1.54) is 65.7 Å². The normalized spacial score (nSPS) is 11.3. The Bertz CT molecular complexity index is 1800. The summed E-state index contributed by atoms with van der Waals surface area (Å²) in [6.45, 7) is 0. The van der Waals surface area contributed by atoms with Gasteiger partial charge < -0.3 is 0 Å². The van der Waals surface area contributed by atoms with E-state index in [4.69, 9.17) is 0 Å². The van der Waals surface area contributed by atoms with E-state index in [0.29, 0.717) is 0 Å². The molecule has 0 amide bonds. The van der Waals surface area contributed by atoms with Gasteiger partial charge in [-0.25, -0.2) is 0 Å². The molecule has 0 fully saturated rings. The van der Waals surface area contributed by atoms with Gasteiger partial charge in [0, 0.05) is 0 Å². The minimum absolute atomic E-state index is 1.24. The van der Waals surface area contributed by atoms with Crippen molar-refractivity contribution in [3.05, 3.63) is 146 Å². The fourth-order valence-corrected chi connectivity index (χ4v) is 5.55. The Morgan fingerprint density at radius 3 is 1.25 bits per heavy atom. The molecule has 0 atom stereocenters. The van der Waals surface area contributed by atoms with Crippen LogP contribution in [0, 0.1) is 0 Å². The Balaban J connectivity index is 1.44. The highest BCUT2D eigenvalue weighted by Gasteiger charge is 2.16. The first-order valence-electron chi connectivity index (χ1n) is 12.5. The van der Waals surface area contributed by atoms with Crippen LogP contribution < -0.4 is 0 Å². The van der Waals surface area contributed by atoms with Gasteiger partial charge in [-0.05, 0) is 71.8 Å². The zero-order chi connectivity index (χ0) is 23.9. The van der Waals surface area contributed by atoms with E-state index in [1.54, 1.807) is 0 Å². The molecule has 0 bridgehead atoms. The molecule has 7 rings (SSSR count). The first kappa shape index (κ1) is 20.7. The van der Waals surface area contributed by atoms with Crippen molar-refractivity contribution in [1.82, 2.24) is 0 Å². The second-order valence-corrected chi connectivity index (χ2v) is 9.35. The van der Waals surface area contributed by atoms with Gasteiger partial charge in [0.2, 0.25) is 0 Å². The molecule has 168 valence electrons. The van der Waals surface area contributed by atoms with Crippen molar-refractivity contribution < 1.29 is 0 Å². The molecule has 0 heteroatoms. The molecule has 0 aliphatic rings. The topological polar surface area (TPSA) is 0 Å². The van der Waals surface area contributed by atoms with Crippen molar-refractivity contribution in [1.29, 1.82) is 0 Å². The molecule has 0 saturated heterocycles. The average molecular weight is 457 g/mol. The third kappa shape index (κ3) is 3.39. The molecular formula is C36H24. The SMILES string of the molecule is c1ccc(-c2c3ccccc3c(-c3ccc(-c4ccc5ccccc5c4)cc3)c3ccccc23)cc1. The average Bonchev–Trinajstić information content (AvgIpc) is 2.96. The van der Waals surface area contributed by atoms with Gasteiger partial charge in [0.05, 0.1) is 0 Å². The first-order valence-corrected chi connectivity index (χ1v) is 12.5. The standard InChI is InChI=1S/C36H24/c1-2-11-27(12-3-1)35-31-14-6-8-16-33(31)36(34-17-9-7-15-32(34)35)28-21-18-26(19-22-28)30-23-20-25-10-4-5-13-29(25)24-30/h1-24H. The van der Waals surface area contributed by atoms with Gasteiger partial charge in [-0.1, -0.05) is 140 Å². The maximum absolute atomic E-state index is 2.28. The van der Waals surface area contributed by atoms with E-state index < -0.39 is 0 Å². The molecular weight excluding hydrogens is 432 g/mol. The minimum Gasteiger partial charge on any atom is -0.0622 e. The number of fused-ring (bicyclic) bond motifs is 3. The number of hydrogen-bond acceptors (Lipinski definition) is 0. The molecule has 0 radical (unpaired) electrons. The summed E-state index contributed by atoms with van der Waals surface area (Å²) < 4.78 is 0. The van der Waals surface area contributed by atoms with Crippen molar-refractivity contribution in [2.45, 2.75) is 0 Å². The Labute approximate surface area is 211 Å². The summed E-state index contributed by atoms with van der Waals surface area (Å²) in [5.41, 5.74) is 7.58. The van der Waals surface area contributed by atoms with E-state index in [-0.39, 0.29) is 0 Å². The monoisotopic (exact) mass is 456 g/mol. The number of rotatable bonds is 3. The molecule has 0 aliphatic heterocycles. The van der Waals surface area contributed by atoms with Gasteiger partial charge in [0.25, 0.3) is 0 Å². The largest absolute Gasteiger partial charge is 0.0622 e. The fourth-order valence-electron chi connectivity index (χ4n) is 5.55. The van der Waals surface area contributed by atoms with E-state index >= 15 is 0 Å². The van der Waals surface area contributed by atoms with E-state index in [0.717, 1.165) is 0 Å². The lowest BCUT2D eigenvalue weighted by molar-refractivity contribution is 1.62. The van der Waals surface area contributed by atoms with Crippen LogP contribution in [0.2, 0.25) is 0 Å². The summed E-state index contributed by atoms with van der Waals surface area (Å²) in [5.74, 6) is 0. The smallest absolute Gasteiger partial charge is 0.00264 e. The van der Waals surface area contributed by atoms with Crippen molar-refractivity contribution in [2.24, 2.45) is 0 Å². The molecule has 36 heavy (non-hydrogen) atoms. The quantitative estimate of drug-likeness (QED) is 0.232. The molecule has 0 N–H and O–H groups in total. The highest BCUT2D eigenvalue weighted by atomic mass is 14.2. The maximum atomic E-state index is 2.28. The first-order chi connectivity index (χ1) is 17.9. The van der Waals surface area contributed by atoms with Gasteiger partial charge in [0.1, 0.15) is 0 Å². The van der Waals surface area contributed by atoms with Crippen molar-refractivity contribution >= 4 is 32.3 Å². The van der Waals surface area contributed by atoms with Crippen LogP contribution >= 0.6 is 0 Å². The van der Waals surface area contributed by atoms with Crippen molar-refractivity contribution in [2.75, 3.05) is 0 Å². The maximum Gasteiger partial charge on any atom is -0.00264 e. The molecule has 0 unspecified atom stereocenters. The van der Waals surface area contributed by atoms with E-state index in [1.807, 2.05) is 0 Å². The summed E-state index contributed by atoms with van der Waals surface area (Å²) in [5, 5.41) is 7.69. The summed E-state index contributed by atoms with van der Waals surface area (Å²) in [4.78, 5) is 0. The van der Waals surface area contributed by atoms with Gasteiger partial charge in [-0.3, -0.25) is 0 Å². The van der Waals surface area contributed by atoms with Crippen LogP contribution in [0.15, 0.2) is 146 Å². The molecule has 0 heterocycles. The van der Waals surface area contributed by atoms with Gasteiger partial charge in [0.15, 0.2) is 0 Å². The summed E-state index contributed by atoms with van der Waals surface area (Å²) >= 11 is 0. The van der Waals surface area contributed by atoms with Crippen LogP contribution in [0.5, 0.6) is 0 Å². The second kappa shape index (κ2) is 8.52. The summed E-state index contributed by atoms with van der Waals surface area (Å²) in [6.07, 6.45) is 0. The van der Waals surface area contributed by atoms with Crippen LogP contribution in [0.1, 0.15) is 0 Å². The lowest BCUT2D eigenvalue weighted by atomic mass is 9.86. The van der Waals surface area contributed by atoms with Gasteiger partial charge in [-0.15, -0.1) is 0 Å². The van der Waals surface area contributed by atoms with Gasteiger partial charge >= 0.3 is 0 Å². The molecule has 7 aromatic rings. The van der Waals surface area contributed by atoms with E-state index in [2.05, 4.69) is 146 Å². The molecule has 0 aliphatic carbocycles. The Morgan fingerprint density at radius 2 is 0.667 bits per heavy atom. The highest BCUT2D eigenvalue weighted by Crippen LogP contribution is 2.43. The predicted molar refractivity (Wildman–Crippen MR) is 155 cm³/mol. The van der Waals surface area contributed by atoms with Gasteiger partial charge in [-0.2, -0.15) is 0 Å². The molecule has 0 saturated carbocycles. The van der Waals surface area contributed by atoms with Crippen LogP contribution in [0.25, 0.3) is 65.7 Å². The third-order valence-corrected chi connectivity index (χ3v) is 7.25. The predicted octanol–water partition coefficient (Wildman–Crippen LogP) is 10.1. The van der Waals surface area contributed by atoms with Crippen LogP contribution in [-0.4, -0.2) is 0 Å². The third-order valence-electron chi connectivity index (χ3n) is 7.25. The number of benzene rings is 7. The minimum atomic E-state index is 1.24. The van der Waals surface area contributed by atoms with Crippen LogP contribution in [-0.2, 0) is 0 Å². The molecule has 0 aromatic heterocycles. The number of hydrogen-bond donors (Lipinski definition) is 0. The van der Waals surface area contributed by atoms with Crippen molar-refractivity contribution in [3.63, 3.8) is 0 Å². The molecule has 0 nitrogen and oxygen atoms in total. The second-order valence-electron chi connectivity index (χ2n) is 9.35. The Hall–Kier alpha value is -4.68. The highest BCUT2D eigenvalue weighted by molar-refractivity contribution is 6.21. The molecule has 7 aromatic carbocycles. The fraction of sp³-hybridized carbons (Fsp3) is 0. The molecule has 0 spiro atoms. The van der Waals surface area contributed by atoms with Crippen LogP contribution in [0.3, 0.4) is 0 Å². The van der Waals surface area contributed by atoms with Crippen molar-refractivity contribution in [3.8, 4) is 33.4 Å². The zero-order valence-corrected chi connectivity index (χ0v) is 19.9. The lowest BCUT2D eigenvalue weighted by Crippen LogP contribution is -1.90. The Morgan fingerprint density at radius 1 is 0.250 bits per heavy atom. The summed E-state index contributed by atoms with van der Waals surface area (Å²) in [6, 6.07) is 52.7. The van der Waals surface area contributed by atoms with E-state index in [9.17, 15) is 0 Å².